The largest absolute Gasteiger partial charge is 0.423 e. The Labute approximate surface area is 178 Å². The second-order valence-electron chi connectivity index (χ2n) is 7.72. The highest BCUT2D eigenvalue weighted by molar-refractivity contribution is 7.16. The Bertz CT molecular complexity index is 1110. The van der Waals surface area contributed by atoms with Crippen molar-refractivity contribution in [2.75, 3.05) is 18.9 Å². The lowest BCUT2D eigenvalue weighted by atomic mass is 10.0. The van der Waals surface area contributed by atoms with Gasteiger partial charge in [0.2, 0.25) is 0 Å². The van der Waals surface area contributed by atoms with E-state index in [0.717, 1.165) is 35.6 Å². The van der Waals surface area contributed by atoms with Crippen LogP contribution >= 0.6 is 11.3 Å². The minimum Gasteiger partial charge on any atom is -0.423 e. The summed E-state index contributed by atoms with van der Waals surface area (Å²) in [6.07, 6.45) is 0.628. The highest BCUT2D eigenvalue weighted by atomic mass is 32.1. The summed E-state index contributed by atoms with van der Waals surface area (Å²) in [5.41, 5.74) is 3.42. The van der Waals surface area contributed by atoms with Crippen LogP contribution in [-0.4, -0.2) is 25.5 Å². The van der Waals surface area contributed by atoms with Crippen molar-refractivity contribution in [1.29, 1.82) is 0 Å². The van der Waals surface area contributed by atoms with E-state index in [1.165, 1.54) is 15.3 Å². The van der Waals surface area contributed by atoms with Crippen LogP contribution in [0.1, 0.15) is 42.9 Å². The molecule has 5 rings (SSSR count). The van der Waals surface area contributed by atoms with Gasteiger partial charge in [0.15, 0.2) is 0 Å². The molecular formula is C23H22N3O3S+. The van der Waals surface area contributed by atoms with Crippen LogP contribution in [0, 0.1) is 0 Å². The molecule has 3 N–H and O–H groups in total. The first-order chi connectivity index (χ1) is 14.6. The Kier molecular flexibility index (Phi) is 4.77. The molecule has 3 heterocycles. The lowest BCUT2D eigenvalue weighted by Crippen LogP contribution is -3.08. The van der Waals surface area contributed by atoms with Crippen LogP contribution in [-0.2, 0) is 13.0 Å². The molecule has 7 heteroatoms. The van der Waals surface area contributed by atoms with E-state index in [1.807, 2.05) is 18.2 Å². The van der Waals surface area contributed by atoms with E-state index in [2.05, 4.69) is 17.7 Å². The SMILES string of the molecule is C[NH+]1CCc2c(sc3c2C(=O)N[C@@H](c2ccc(OC(=O)c4ccccc4)cc2)N3)C1. The normalized spacial score (nSPS) is 19.8. The maximum atomic E-state index is 12.8. The standard InChI is InChI=1S/C23H21N3O3S/c1-26-12-11-17-18(13-26)30-22-19(17)21(27)24-20(25-22)14-7-9-16(10-8-14)29-23(28)15-5-3-2-4-6-15/h2-10,20,25H,11-13H2,1H3,(H,24,27)/p+1/t20-/m1/s1. The van der Waals surface area contributed by atoms with E-state index in [1.54, 1.807) is 47.7 Å². The van der Waals surface area contributed by atoms with Crippen LogP contribution in [0.2, 0.25) is 0 Å². The molecule has 152 valence electrons. The molecule has 2 aromatic carbocycles. The lowest BCUT2D eigenvalue weighted by molar-refractivity contribution is -0.895. The van der Waals surface area contributed by atoms with Gasteiger partial charge in [0.05, 0.1) is 29.6 Å². The fraction of sp³-hybridized carbons (Fsp3) is 0.217. The average molecular weight is 421 g/mol. The number of amides is 1. The molecule has 30 heavy (non-hydrogen) atoms. The first-order valence-corrected chi connectivity index (χ1v) is 10.8. The van der Waals surface area contributed by atoms with Gasteiger partial charge in [0.25, 0.3) is 5.91 Å². The van der Waals surface area contributed by atoms with Gasteiger partial charge in [0, 0.05) is 6.42 Å². The molecule has 1 aromatic heterocycles. The number of carbonyl (C=O) groups excluding carboxylic acids is 2. The summed E-state index contributed by atoms with van der Waals surface area (Å²) in [6, 6.07) is 16.1. The molecule has 0 saturated heterocycles. The predicted octanol–water partition coefficient (Wildman–Crippen LogP) is 2.39. The number of rotatable bonds is 3. The predicted molar refractivity (Wildman–Crippen MR) is 115 cm³/mol. The number of likely N-dealkylation sites (N-methyl/N-ethyl adjacent to an activating group) is 1. The summed E-state index contributed by atoms with van der Waals surface area (Å²) in [5, 5.41) is 7.48. The van der Waals surface area contributed by atoms with Crippen LogP contribution in [0.25, 0.3) is 0 Å². The number of benzene rings is 2. The number of quaternary nitrogens is 1. The average Bonchev–Trinajstić information content (AvgIpc) is 3.12. The maximum absolute atomic E-state index is 12.8. The van der Waals surface area contributed by atoms with Crippen LogP contribution in [0.3, 0.4) is 0 Å². The molecule has 2 aliphatic heterocycles. The summed E-state index contributed by atoms with van der Waals surface area (Å²) >= 11 is 1.69. The van der Waals surface area contributed by atoms with Gasteiger partial charge in [-0.15, -0.1) is 11.3 Å². The van der Waals surface area contributed by atoms with Crippen molar-refractivity contribution in [2.24, 2.45) is 0 Å². The highest BCUT2D eigenvalue weighted by Crippen LogP contribution is 2.39. The van der Waals surface area contributed by atoms with Gasteiger partial charge >= 0.3 is 5.97 Å². The summed E-state index contributed by atoms with van der Waals surface area (Å²) in [7, 11) is 2.18. The summed E-state index contributed by atoms with van der Waals surface area (Å²) in [4.78, 5) is 27.8. The fourth-order valence-corrected chi connectivity index (χ4v) is 5.35. The first kappa shape index (κ1) is 18.8. The second kappa shape index (κ2) is 7.59. The van der Waals surface area contributed by atoms with Gasteiger partial charge in [-0.2, -0.15) is 0 Å². The minimum absolute atomic E-state index is 0.0228. The summed E-state index contributed by atoms with van der Waals surface area (Å²) < 4.78 is 5.44. The van der Waals surface area contributed by atoms with Crippen molar-refractivity contribution >= 4 is 28.2 Å². The van der Waals surface area contributed by atoms with Gasteiger partial charge in [-0.3, -0.25) is 4.79 Å². The molecule has 0 saturated carbocycles. The molecule has 0 spiro atoms. The monoisotopic (exact) mass is 420 g/mol. The third-order valence-corrected chi connectivity index (χ3v) is 6.73. The van der Waals surface area contributed by atoms with E-state index in [-0.39, 0.29) is 12.1 Å². The minimum atomic E-state index is -0.395. The zero-order valence-electron chi connectivity index (χ0n) is 16.5. The molecule has 6 nitrogen and oxygen atoms in total. The van der Waals surface area contributed by atoms with Crippen molar-refractivity contribution in [3.05, 3.63) is 81.7 Å². The Balaban J connectivity index is 1.32. The molecule has 2 aliphatic rings. The highest BCUT2D eigenvalue weighted by Gasteiger charge is 2.33. The third kappa shape index (κ3) is 3.46. The number of anilines is 1. The zero-order chi connectivity index (χ0) is 20.7. The Morgan fingerprint density at radius 3 is 2.63 bits per heavy atom. The van der Waals surface area contributed by atoms with Crippen LogP contribution in [0.5, 0.6) is 5.75 Å². The van der Waals surface area contributed by atoms with Crippen LogP contribution in [0.4, 0.5) is 5.00 Å². The number of ether oxygens (including phenoxy) is 1. The van der Waals surface area contributed by atoms with Crippen molar-refractivity contribution in [2.45, 2.75) is 19.1 Å². The molecule has 0 aliphatic carbocycles. The molecule has 2 atom stereocenters. The second-order valence-corrected chi connectivity index (χ2v) is 8.82. The number of hydrogen-bond acceptors (Lipinski definition) is 5. The molecule has 1 amide bonds. The first-order valence-electron chi connectivity index (χ1n) is 9.99. The number of hydrogen-bond donors (Lipinski definition) is 3. The Morgan fingerprint density at radius 1 is 1.10 bits per heavy atom. The van der Waals surface area contributed by atoms with Gasteiger partial charge in [0.1, 0.15) is 23.5 Å². The number of esters is 1. The third-order valence-electron chi connectivity index (χ3n) is 5.57. The molecular weight excluding hydrogens is 398 g/mol. The van der Waals surface area contributed by atoms with Crippen LogP contribution < -0.4 is 20.3 Å². The molecule has 3 aromatic rings. The van der Waals surface area contributed by atoms with Gasteiger partial charge in [-0.25, -0.2) is 4.79 Å². The van der Waals surface area contributed by atoms with Crippen molar-refractivity contribution in [3.8, 4) is 5.75 Å². The van der Waals surface area contributed by atoms with Gasteiger partial charge in [-0.05, 0) is 35.4 Å². The van der Waals surface area contributed by atoms with E-state index in [0.29, 0.717) is 11.3 Å². The number of carbonyl (C=O) groups is 2. The van der Waals surface area contributed by atoms with E-state index >= 15 is 0 Å². The van der Waals surface area contributed by atoms with E-state index in [4.69, 9.17) is 4.74 Å². The van der Waals surface area contributed by atoms with Gasteiger partial charge < -0.3 is 20.3 Å². The Morgan fingerprint density at radius 2 is 1.87 bits per heavy atom. The van der Waals surface area contributed by atoms with Crippen molar-refractivity contribution < 1.29 is 19.2 Å². The maximum Gasteiger partial charge on any atom is 0.343 e. The van der Waals surface area contributed by atoms with Crippen LogP contribution in [0.15, 0.2) is 54.6 Å². The topological polar surface area (TPSA) is 71.9 Å². The smallest absolute Gasteiger partial charge is 0.343 e. The number of nitrogens with one attached hydrogen (secondary N) is 3. The molecule has 0 radical (unpaired) electrons. The van der Waals surface area contributed by atoms with E-state index < -0.39 is 5.97 Å². The van der Waals surface area contributed by atoms with Crippen molar-refractivity contribution in [3.63, 3.8) is 0 Å². The zero-order valence-corrected chi connectivity index (χ0v) is 17.3. The van der Waals surface area contributed by atoms with Gasteiger partial charge in [-0.1, -0.05) is 30.3 Å². The molecule has 0 bridgehead atoms. The fourth-order valence-electron chi connectivity index (χ4n) is 3.97. The van der Waals surface area contributed by atoms with Crippen molar-refractivity contribution in [1.82, 2.24) is 5.32 Å². The summed E-state index contributed by atoms with van der Waals surface area (Å²) in [5.74, 6) is 0.0479. The number of thiophene rings is 1. The lowest BCUT2D eigenvalue weighted by Gasteiger charge is -2.27. The molecule has 1 unspecified atom stereocenters. The Hall–Kier alpha value is -3.16. The van der Waals surface area contributed by atoms with E-state index in [9.17, 15) is 9.59 Å². The quantitative estimate of drug-likeness (QED) is 0.450. The summed E-state index contributed by atoms with van der Waals surface area (Å²) in [6.45, 7) is 2.02. The molecule has 0 fully saturated rings. The number of fused-ring (bicyclic) bond motifs is 3.